The van der Waals surface area contributed by atoms with Crippen molar-refractivity contribution < 1.29 is 19.5 Å². The number of nitrogens with two attached hydrogens (primary N) is 1. The van der Waals surface area contributed by atoms with Gasteiger partial charge in [-0.15, -0.1) is 0 Å². The number of carboxylic acid groups (broad SMARTS) is 1. The van der Waals surface area contributed by atoms with Crippen molar-refractivity contribution in [3.63, 3.8) is 0 Å². The molecule has 1 unspecified atom stereocenters. The van der Waals surface area contributed by atoms with Crippen LogP contribution < -0.4 is 11.1 Å². The number of hydrogen-bond acceptors (Lipinski definition) is 4. The number of hydrogen-bond donors (Lipinski definition) is 3. The maximum absolute atomic E-state index is 11.0. The maximum atomic E-state index is 11.0. The molecule has 0 radical (unpaired) electrons. The van der Waals surface area contributed by atoms with Crippen LogP contribution in [-0.2, 0) is 15.3 Å². The molecule has 0 fully saturated rings. The molecule has 0 bridgehead atoms. The first kappa shape index (κ1) is 16.0. The smallest absolute Gasteiger partial charge is 0.327 e. The predicted molar refractivity (Wildman–Crippen MR) is 76.4 cm³/mol. The third-order valence-electron chi connectivity index (χ3n) is 2.44. The second-order valence-electron chi connectivity index (χ2n) is 4.17. The average Bonchev–Trinajstić information content (AvgIpc) is 2.37. The summed E-state index contributed by atoms with van der Waals surface area (Å²) in [4.78, 5) is 32.8. The second-order valence-corrected chi connectivity index (χ2v) is 5.20. The molecule has 1 atom stereocenters. The second kappa shape index (κ2) is 7.54. The molecule has 1 rings (SSSR count). The van der Waals surface area contributed by atoms with Crippen LogP contribution in [0.1, 0.15) is 22.8 Å². The number of nitrogens with one attached hydrogen (secondary N) is 1. The van der Waals surface area contributed by atoms with Crippen LogP contribution in [0.2, 0.25) is 0 Å². The van der Waals surface area contributed by atoms with Crippen LogP contribution in [0, 0.1) is 0 Å². The number of carboxylic acids is 1. The van der Waals surface area contributed by atoms with Crippen molar-refractivity contribution in [2.24, 2.45) is 5.73 Å². The van der Waals surface area contributed by atoms with Gasteiger partial charge in [0.2, 0.25) is 11.8 Å². The Bertz CT molecular complexity index is 519. The van der Waals surface area contributed by atoms with Gasteiger partial charge in [0, 0.05) is 24.0 Å². The van der Waals surface area contributed by atoms with Crippen molar-refractivity contribution in [3.8, 4) is 0 Å². The van der Waals surface area contributed by atoms with Crippen LogP contribution in [0.4, 0.5) is 0 Å². The molecule has 0 heterocycles. The Morgan fingerprint density at radius 3 is 2.65 bits per heavy atom. The van der Waals surface area contributed by atoms with Crippen LogP contribution in [-0.4, -0.2) is 34.7 Å². The molecule has 4 N–H and O–H groups in total. The molecule has 2 amide bonds. The Hall–Kier alpha value is -2.02. The molecule has 0 spiro atoms. The maximum Gasteiger partial charge on any atom is 0.327 e. The number of amides is 2. The van der Waals surface area contributed by atoms with Gasteiger partial charge in [0.15, 0.2) is 0 Å². The highest BCUT2D eigenvalue weighted by molar-refractivity contribution is 7.98. The average molecular weight is 296 g/mol. The lowest BCUT2D eigenvalue weighted by molar-refractivity contribution is -0.140. The SMILES string of the molecule is CC(=O)NC(CSCc1cccc(C(N)=O)c1)C(=O)O. The molecule has 0 aliphatic heterocycles. The molecule has 1 aromatic rings. The normalized spacial score (nSPS) is 11.7. The quantitative estimate of drug-likeness (QED) is 0.683. The van der Waals surface area contributed by atoms with E-state index in [1.807, 2.05) is 6.07 Å². The molecule has 0 saturated carbocycles. The van der Waals surface area contributed by atoms with E-state index in [0.29, 0.717) is 11.3 Å². The molecule has 20 heavy (non-hydrogen) atoms. The van der Waals surface area contributed by atoms with E-state index in [1.54, 1.807) is 18.2 Å². The molecular weight excluding hydrogens is 280 g/mol. The van der Waals surface area contributed by atoms with Crippen molar-refractivity contribution in [2.75, 3.05) is 5.75 Å². The molecular formula is C13H16N2O4S. The van der Waals surface area contributed by atoms with Crippen molar-refractivity contribution in [3.05, 3.63) is 35.4 Å². The molecule has 6 nitrogen and oxygen atoms in total. The number of thioether (sulfide) groups is 1. The van der Waals surface area contributed by atoms with Crippen molar-refractivity contribution in [2.45, 2.75) is 18.7 Å². The van der Waals surface area contributed by atoms with Crippen molar-refractivity contribution in [1.29, 1.82) is 0 Å². The minimum atomic E-state index is -1.07. The van der Waals surface area contributed by atoms with Crippen LogP contribution in [0.5, 0.6) is 0 Å². The van der Waals surface area contributed by atoms with E-state index in [1.165, 1.54) is 18.7 Å². The molecule has 0 aliphatic carbocycles. The fourth-order valence-electron chi connectivity index (χ4n) is 1.53. The van der Waals surface area contributed by atoms with Gasteiger partial charge in [-0.25, -0.2) is 4.79 Å². The lowest BCUT2D eigenvalue weighted by atomic mass is 10.1. The van der Waals surface area contributed by atoms with Crippen LogP contribution in [0.3, 0.4) is 0 Å². The molecule has 108 valence electrons. The number of primary amides is 1. The summed E-state index contributed by atoms with van der Waals surface area (Å²) in [5.41, 5.74) is 6.47. The first-order chi connectivity index (χ1) is 9.40. The zero-order valence-corrected chi connectivity index (χ0v) is 11.8. The van der Waals surface area contributed by atoms with Crippen molar-refractivity contribution >= 4 is 29.5 Å². The van der Waals surface area contributed by atoms with Gasteiger partial charge in [0.05, 0.1) is 0 Å². The molecule has 0 saturated heterocycles. The van der Waals surface area contributed by atoms with Crippen LogP contribution >= 0.6 is 11.8 Å². The minimum absolute atomic E-state index is 0.246. The van der Waals surface area contributed by atoms with Gasteiger partial charge >= 0.3 is 5.97 Å². The van der Waals surface area contributed by atoms with Gasteiger partial charge in [-0.2, -0.15) is 11.8 Å². The van der Waals surface area contributed by atoms with E-state index < -0.39 is 17.9 Å². The number of rotatable bonds is 7. The Morgan fingerprint density at radius 2 is 2.10 bits per heavy atom. The molecule has 7 heteroatoms. The first-order valence-corrected chi connectivity index (χ1v) is 7.02. The fourth-order valence-corrected chi connectivity index (χ4v) is 2.52. The zero-order chi connectivity index (χ0) is 15.1. The monoisotopic (exact) mass is 296 g/mol. The van der Waals surface area contributed by atoms with Gasteiger partial charge in [0.1, 0.15) is 6.04 Å². The van der Waals surface area contributed by atoms with Gasteiger partial charge in [-0.05, 0) is 17.7 Å². The highest BCUT2D eigenvalue weighted by atomic mass is 32.2. The van der Waals surface area contributed by atoms with E-state index in [4.69, 9.17) is 10.8 Å². The van der Waals surface area contributed by atoms with E-state index in [-0.39, 0.29) is 11.7 Å². The summed E-state index contributed by atoms with van der Waals surface area (Å²) >= 11 is 1.36. The Labute approximate surface area is 120 Å². The predicted octanol–water partition coefficient (Wildman–Crippen LogP) is 0.608. The molecule has 0 aromatic heterocycles. The first-order valence-electron chi connectivity index (χ1n) is 5.86. The molecule has 0 aliphatic rings. The number of carbonyl (C=O) groups is 3. The highest BCUT2D eigenvalue weighted by Crippen LogP contribution is 2.14. The van der Waals surface area contributed by atoms with E-state index >= 15 is 0 Å². The van der Waals surface area contributed by atoms with Gasteiger partial charge < -0.3 is 16.2 Å². The number of benzene rings is 1. The van der Waals surface area contributed by atoms with Gasteiger partial charge in [-0.3, -0.25) is 9.59 Å². The van der Waals surface area contributed by atoms with Crippen LogP contribution in [0.15, 0.2) is 24.3 Å². The van der Waals surface area contributed by atoms with Crippen LogP contribution in [0.25, 0.3) is 0 Å². The van der Waals surface area contributed by atoms with Gasteiger partial charge in [-0.1, -0.05) is 12.1 Å². The topological polar surface area (TPSA) is 109 Å². The summed E-state index contributed by atoms with van der Waals surface area (Å²) < 4.78 is 0. The highest BCUT2D eigenvalue weighted by Gasteiger charge is 2.17. The Balaban J connectivity index is 2.54. The third kappa shape index (κ3) is 5.31. The summed E-state index contributed by atoms with van der Waals surface area (Å²) in [5, 5.41) is 11.3. The van der Waals surface area contributed by atoms with Crippen molar-refractivity contribution in [1.82, 2.24) is 5.32 Å². The lowest BCUT2D eigenvalue weighted by Crippen LogP contribution is -2.41. The van der Waals surface area contributed by atoms with Gasteiger partial charge in [0.25, 0.3) is 0 Å². The van der Waals surface area contributed by atoms with E-state index in [9.17, 15) is 14.4 Å². The standard InChI is InChI=1S/C13H16N2O4S/c1-8(16)15-11(13(18)19)7-20-6-9-3-2-4-10(5-9)12(14)17/h2-5,11H,6-7H2,1H3,(H2,14,17)(H,15,16)(H,18,19). The number of aliphatic carboxylic acids is 1. The van der Waals surface area contributed by atoms with E-state index in [2.05, 4.69) is 5.32 Å². The summed E-state index contributed by atoms with van der Waals surface area (Å²) in [5.74, 6) is -1.17. The number of carbonyl (C=O) groups excluding carboxylic acids is 2. The largest absolute Gasteiger partial charge is 0.480 e. The summed E-state index contributed by atoms with van der Waals surface area (Å²) in [7, 11) is 0. The summed E-state index contributed by atoms with van der Waals surface area (Å²) in [6, 6.07) is 5.92. The zero-order valence-electron chi connectivity index (χ0n) is 11.0. The minimum Gasteiger partial charge on any atom is -0.480 e. The summed E-state index contributed by atoms with van der Waals surface area (Å²) in [6.45, 7) is 1.27. The fraction of sp³-hybridized carbons (Fsp3) is 0.308. The third-order valence-corrected chi connectivity index (χ3v) is 3.55. The van der Waals surface area contributed by atoms with E-state index in [0.717, 1.165) is 5.56 Å². The Kier molecular flexibility index (Phi) is 6.05. The lowest BCUT2D eigenvalue weighted by Gasteiger charge is -2.12. The Morgan fingerprint density at radius 1 is 1.40 bits per heavy atom. The molecule has 1 aromatic carbocycles. The summed E-state index contributed by atoms with van der Waals surface area (Å²) in [6.07, 6.45) is 0.